The molecule has 3 aromatic heterocycles. The van der Waals surface area contributed by atoms with Crippen LogP contribution in [0.1, 0.15) is 16.2 Å². The third-order valence-corrected chi connectivity index (χ3v) is 4.10. The third kappa shape index (κ3) is 3.28. The fourth-order valence-corrected chi connectivity index (χ4v) is 2.73. The summed E-state index contributed by atoms with van der Waals surface area (Å²) in [6.07, 6.45) is 1.44. The Morgan fingerprint density at radius 3 is 3.04 bits per heavy atom. The molecular formula is C15H10N6O3S. The number of thiophene rings is 1. The van der Waals surface area contributed by atoms with Crippen LogP contribution in [0.5, 0.6) is 0 Å². The highest BCUT2D eigenvalue weighted by Gasteiger charge is 2.13. The minimum absolute atomic E-state index is 0.105. The quantitative estimate of drug-likeness (QED) is 0.501. The van der Waals surface area contributed by atoms with Crippen molar-refractivity contribution in [3.8, 4) is 16.4 Å². The van der Waals surface area contributed by atoms with Crippen molar-refractivity contribution in [1.29, 1.82) is 0 Å². The van der Waals surface area contributed by atoms with Gasteiger partial charge in [-0.2, -0.15) is 4.98 Å². The molecule has 0 fully saturated rings. The van der Waals surface area contributed by atoms with E-state index in [2.05, 4.69) is 25.7 Å². The van der Waals surface area contributed by atoms with Gasteiger partial charge in [0.1, 0.15) is 6.33 Å². The van der Waals surface area contributed by atoms with Crippen molar-refractivity contribution in [3.05, 3.63) is 59.6 Å². The average molecular weight is 354 g/mol. The fraction of sp³-hybridized carbons (Fsp3) is 0.0667. The van der Waals surface area contributed by atoms with Gasteiger partial charge in [-0.25, -0.2) is 9.48 Å². The predicted molar refractivity (Wildman–Crippen MR) is 85.9 cm³/mol. The predicted octanol–water partition coefficient (Wildman–Crippen LogP) is 2.13. The Hall–Kier alpha value is -3.40. The molecule has 0 saturated carbocycles. The minimum atomic E-state index is -0.509. The molecule has 0 aliphatic heterocycles. The number of benzene rings is 1. The number of carbonyl (C=O) groups excluding carboxylic acids is 1. The molecule has 0 radical (unpaired) electrons. The lowest BCUT2D eigenvalue weighted by atomic mass is 10.2. The maximum Gasteiger partial charge on any atom is 0.338 e. The average Bonchev–Trinajstić information content (AvgIpc) is 3.42. The van der Waals surface area contributed by atoms with Crippen LogP contribution < -0.4 is 0 Å². The lowest BCUT2D eigenvalue weighted by Gasteiger charge is -2.04. The second-order valence-electron chi connectivity index (χ2n) is 4.87. The molecule has 1 aromatic carbocycles. The minimum Gasteiger partial charge on any atom is -0.452 e. The Bertz CT molecular complexity index is 981. The molecule has 0 aliphatic carbocycles. The van der Waals surface area contributed by atoms with Gasteiger partial charge in [0.25, 0.3) is 5.89 Å². The maximum atomic E-state index is 12.2. The van der Waals surface area contributed by atoms with E-state index in [-0.39, 0.29) is 12.5 Å². The Labute approximate surface area is 144 Å². The Morgan fingerprint density at radius 1 is 1.28 bits per heavy atom. The van der Waals surface area contributed by atoms with Gasteiger partial charge >= 0.3 is 5.97 Å². The summed E-state index contributed by atoms with van der Waals surface area (Å²) < 4.78 is 11.8. The number of nitrogens with zero attached hydrogens (tertiary/aromatic N) is 6. The summed E-state index contributed by atoms with van der Waals surface area (Å²) in [5, 5.41) is 16.7. The van der Waals surface area contributed by atoms with Crippen LogP contribution in [0.4, 0.5) is 0 Å². The number of aromatic nitrogens is 6. The number of hydrogen-bond donors (Lipinski definition) is 0. The Balaban J connectivity index is 1.43. The van der Waals surface area contributed by atoms with Crippen molar-refractivity contribution < 1.29 is 14.1 Å². The van der Waals surface area contributed by atoms with Crippen LogP contribution in [0.2, 0.25) is 0 Å². The summed E-state index contributed by atoms with van der Waals surface area (Å²) in [4.78, 5) is 17.3. The van der Waals surface area contributed by atoms with E-state index in [4.69, 9.17) is 9.26 Å². The van der Waals surface area contributed by atoms with Crippen molar-refractivity contribution in [3.63, 3.8) is 0 Å². The van der Waals surface area contributed by atoms with Gasteiger partial charge in [0.05, 0.1) is 16.1 Å². The van der Waals surface area contributed by atoms with E-state index in [1.807, 2.05) is 17.5 Å². The molecule has 0 bridgehead atoms. The number of ether oxygens (including phenoxy) is 1. The Kier molecular flexibility index (Phi) is 4.01. The van der Waals surface area contributed by atoms with Crippen molar-refractivity contribution in [2.45, 2.75) is 6.61 Å². The molecule has 0 aliphatic rings. The zero-order valence-corrected chi connectivity index (χ0v) is 13.5. The first-order chi connectivity index (χ1) is 12.3. The second kappa shape index (κ2) is 6.61. The van der Waals surface area contributed by atoms with E-state index < -0.39 is 5.97 Å². The first-order valence-corrected chi connectivity index (χ1v) is 8.04. The van der Waals surface area contributed by atoms with Crippen molar-refractivity contribution in [2.24, 2.45) is 0 Å². The molecule has 0 spiro atoms. The molecular weight excluding hydrogens is 344 g/mol. The summed E-state index contributed by atoms with van der Waals surface area (Å²) >= 11 is 1.50. The summed E-state index contributed by atoms with van der Waals surface area (Å²) in [7, 11) is 0. The van der Waals surface area contributed by atoms with Crippen LogP contribution in [0, 0.1) is 0 Å². The summed E-state index contributed by atoms with van der Waals surface area (Å²) in [5.74, 6) is 0.195. The van der Waals surface area contributed by atoms with Gasteiger partial charge in [0.15, 0.2) is 6.61 Å². The van der Waals surface area contributed by atoms with Crippen LogP contribution in [-0.4, -0.2) is 36.3 Å². The van der Waals surface area contributed by atoms with E-state index in [0.717, 1.165) is 4.88 Å². The van der Waals surface area contributed by atoms with Gasteiger partial charge in [-0.15, -0.1) is 16.4 Å². The van der Waals surface area contributed by atoms with Crippen LogP contribution in [-0.2, 0) is 11.3 Å². The van der Waals surface area contributed by atoms with Crippen LogP contribution in [0.15, 0.2) is 52.6 Å². The SMILES string of the molecule is O=C(OCc1nc(-c2cccs2)no1)c1cccc(-n2cnnn2)c1. The lowest BCUT2D eigenvalue weighted by Crippen LogP contribution is -2.06. The first kappa shape index (κ1) is 15.1. The molecule has 0 N–H and O–H groups in total. The van der Waals surface area contributed by atoms with E-state index >= 15 is 0 Å². The topological polar surface area (TPSA) is 109 Å². The van der Waals surface area contributed by atoms with Crippen molar-refractivity contribution >= 4 is 17.3 Å². The maximum absolute atomic E-state index is 12.2. The largest absolute Gasteiger partial charge is 0.452 e. The van der Waals surface area contributed by atoms with E-state index in [0.29, 0.717) is 17.1 Å². The van der Waals surface area contributed by atoms with E-state index in [1.54, 1.807) is 24.3 Å². The van der Waals surface area contributed by atoms with E-state index in [9.17, 15) is 4.79 Å². The molecule has 4 rings (SSSR count). The van der Waals surface area contributed by atoms with Gasteiger partial charge in [0, 0.05) is 0 Å². The smallest absolute Gasteiger partial charge is 0.338 e. The molecule has 124 valence electrons. The number of hydrogen-bond acceptors (Lipinski definition) is 9. The normalized spacial score (nSPS) is 10.7. The number of carbonyl (C=O) groups is 1. The third-order valence-electron chi connectivity index (χ3n) is 3.23. The molecule has 0 amide bonds. The highest BCUT2D eigenvalue weighted by molar-refractivity contribution is 7.13. The number of rotatable bonds is 5. The van der Waals surface area contributed by atoms with Gasteiger partial charge in [-0.05, 0) is 40.1 Å². The van der Waals surface area contributed by atoms with Crippen LogP contribution >= 0.6 is 11.3 Å². The fourth-order valence-electron chi connectivity index (χ4n) is 2.08. The molecule has 0 atom stereocenters. The molecule has 3 heterocycles. The second-order valence-corrected chi connectivity index (χ2v) is 5.82. The molecule has 0 saturated heterocycles. The zero-order chi connectivity index (χ0) is 17.1. The van der Waals surface area contributed by atoms with Gasteiger partial charge in [0.2, 0.25) is 5.82 Å². The van der Waals surface area contributed by atoms with Crippen molar-refractivity contribution in [2.75, 3.05) is 0 Å². The molecule has 9 nitrogen and oxygen atoms in total. The molecule has 4 aromatic rings. The molecule has 10 heteroatoms. The Morgan fingerprint density at radius 2 is 2.24 bits per heavy atom. The van der Waals surface area contributed by atoms with Gasteiger partial charge < -0.3 is 9.26 Å². The standard InChI is InChI=1S/C15H10N6O3S/c22-15(10-3-1-4-11(7-10)21-9-16-19-20-21)23-8-13-17-14(18-24-13)12-5-2-6-25-12/h1-7,9H,8H2. The van der Waals surface area contributed by atoms with E-state index in [1.165, 1.54) is 22.3 Å². The molecule has 0 unspecified atom stereocenters. The summed E-state index contributed by atoms with van der Waals surface area (Å²) in [6.45, 7) is -0.105. The van der Waals surface area contributed by atoms with Crippen LogP contribution in [0.3, 0.4) is 0 Å². The monoisotopic (exact) mass is 354 g/mol. The summed E-state index contributed by atoms with van der Waals surface area (Å²) in [5.41, 5.74) is 1.02. The highest BCUT2D eigenvalue weighted by atomic mass is 32.1. The zero-order valence-electron chi connectivity index (χ0n) is 12.6. The lowest BCUT2D eigenvalue weighted by molar-refractivity contribution is 0.0430. The first-order valence-electron chi connectivity index (χ1n) is 7.16. The van der Waals surface area contributed by atoms with Gasteiger partial charge in [-0.3, -0.25) is 0 Å². The molecule has 25 heavy (non-hydrogen) atoms. The number of esters is 1. The summed E-state index contributed by atoms with van der Waals surface area (Å²) in [6, 6.07) is 10.5. The van der Waals surface area contributed by atoms with Crippen LogP contribution in [0.25, 0.3) is 16.4 Å². The van der Waals surface area contributed by atoms with Gasteiger partial charge in [-0.1, -0.05) is 17.3 Å². The number of tetrazole rings is 1. The van der Waals surface area contributed by atoms with Crippen molar-refractivity contribution in [1.82, 2.24) is 30.3 Å². The highest BCUT2D eigenvalue weighted by Crippen LogP contribution is 2.21.